The first kappa shape index (κ1) is 13.5. The van der Waals surface area contributed by atoms with Gasteiger partial charge in [-0.1, -0.05) is 17.3 Å². The second-order valence-electron chi connectivity index (χ2n) is 4.00. The van der Waals surface area contributed by atoms with Gasteiger partial charge in [0.1, 0.15) is 11.6 Å². The fraction of sp³-hybridized carbons (Fsp3) is 0.0833. The molecule has 8 heteroatoms. The molecule has 0 aliphatic heterocycles. The van der Waals surface area contributed by atoms with Crippen LogP contribution in [0, 0.1) is 5.82 Å². The number of hydrogen-bond acceptors (Lipinski definition) is 4. The Labute approximate surface area is 113 Å². The molecule has 5 N–H and O–H groups in total. The van der Waals surface area contributed by atoms with Crippen molar-refractivity contribution in [2.45, 2.75) is 6.42 Å². The lowest BCUT2D eigenvalue weighted by molar-refractivity contribution is -0.115. The SMILES string of the molecule is NC(=NO)c1cn[nH]c1NC(=O)Cc1cccc(F)c1. The normalized spacial score (nSPS) is 11.3. The van der Waals surface area contributed by atoms with Crippen LogP contribution in [0.15, 0.2) is 35.6 Å². The van der Waals surface area contributed by atoms with E-state index in [9.17, 15) is 9.18 Å². The van der Waals surface area contributed by atoms with Gasteiger partial charge in [0, 0.05) is 0 Å². The first-order valence-corrected chi connectivity index (χ1v) is 5.65. The lowest BCUT2D eigenvalue weighted by Gasteiger charge is -2.05. The molecular weight excluding hydrogens is 265 g/mol. The summed E-state index contributed by atoms with van der Waals surface area (Å²) >= 11 is 0. The van der Waals surface area contributed by atoms with Crippen molar-refractivity contribution in [1.29, 1.82) is 0 Å². The minimum Gasteiger partial charge on any atom is -0.409 e. The molecule has 0 saturated carbocycles. The summed E-state index contributed by atoms with van der Waals surface area (Å²) in [5.41, 5.74) is 6.23. The molecule has 7 nitrogen and oxygen atoms in total. The van der Waals surface area contributed by atoms with E-state index in [1.165, 1.54) is 24.4 Å². The molecule has 1 aromatic heterocycles. The van der Waals surface area contributed by atoms with Gasteiger partial charge in [0.05, 0.1) is 18.2 Å². The first-order valence-electron chi connectivity index (χ1n) is 5.65. The van der Waals surface area contributed by atoms with E-state index in [-0.39, 0.29) is 29.5 Å². The van der Waals surface area contributed by atoms with Crippen LogP contribution in [0.25, 0.3) is 0 Å². The molecular formula is C12H12FN5O2. The summed E-state index contributed by atoms with van der Waals surface area (Å²) in [6.07, 6.45) is 1.30. The van der Waals surface area contributed by atoms with Gasteiger partial charge in [-0.15, -0.1) is 0 Å². The van der Waals surface area contributed by atoms with E-state index in [1.807, 2.05) is 0 Å². The number of nitrogens with two attached hydrogens (primary N) is 1. The number of carbonyl (C=O) groups is 1. The smallest absolute Gasteiger partial charge is 0.229 e. The molecule has 1 amide bonds. The van der Waals surface area contributed by atoms with Crippen molar-refractivity contribution in [2.75, 3.05) is 5.32 Å². The number of amidine groups is 1. The van der Waals surface area contributed by atoms with E-state index in [2.05, 4.69) is 20.7 Å². The Bertz CT molecular complexity index is 653. The zero-order valence-electron chi connectivity index (χ0n) is 10.3. The van der Waals surface area contributed by atoms with E-state index in [0.29, 0.717) is 5.56 Å². The molecule has 0 aliphatic rings. The van der Waals surface area contributed by atoms with Crippen LogP contribution < -0.4 is 11.1 Å². The minimum absolute atomic E-state index is 0.00755. The summed E-state index contributed by atoms with van der Waals surface area (Å²) in [6.45, 7) is 0. The van der Waals surface area contributed by atoms with Crippen molar-refractivity contribution in [3.8, 4) is 0 Å². The highest BCUT2D eigenvalue weighted by Crippen LogP contribution is 2.11. The Kier molecular flexibility index (Phi) is 3.94. The number of anilines is 1. The number of amides is 1. The molecule has 0 unspecified atom stereocenters. The average Bonchev–Trinajstić information content (AvgIpc) is 2.85. The number of benzene rings is 1. The molecule has 0 spiro atoms. The van der Waals surface area contributed by atoms with Gasteiger partial charge in [0.2, 0.25) is 5.91 Å². The third kappa shape index (κ3) is 3.10. The molecule has 0 radical (unpaired) electrons. The maximum atomic E-state index is 13.0. The van der Waals surface area contributed by atoms with Gasteiger partial charge >= 0.3 is 0 Å². The first-order chi connectivity index (χ1) is 9.60. The monoisotopic (exact) mass is 277 g/mol. The Morgan fingerprint density at radius 2 is 2.35 bits per heavy atom. The van der Waals surface area contributed by atoms with E-state index in [0.717, 1.165) is 0 Å². The van der Waals surface area contributed by atoms with E-state index >= 15 is 0 Å². The maximum absolute atomic E-state index is 13.0. The van der Waals surface area contributed by atoms with Gasteiger partial charge < -0.3 is 16.3 Å². The van der Waals surface area contributed by atoms with E-state index in [1.54, 1.807) is 6.07 Å². The number of aromatic nitrogens is 2. The third-order valence-electron chi connectivity index (χ3n) is 2.54. The van der Waals surface area contributed by atoms with Gasteiger partial charge in [-0.25, -0.2) is 4.39 Å². The quantitative estimate of drug-likeness (QED) is 0.286. The molecule has 0 fully saturated rings. The summed E-state index contributed by atoms with van der Waals surface area (Å²) < 4.78 is 13.0. The maximum Gasteiger partial charge on any atom is 0.229 e. The minimum atomic E-state index is -0.408. The zero-order valence-corrected chi connectivity index (χ0v) is 10.3. The number of oxime groups is 1. The van der Waals surface area contributed by atoms with Gasteiger partial charge in [-0.2, -0.15) is 5.10 Å². The number of H-pyrrole nitrogens is 1. The second kappa shape index (κ2) is 5.83. The largest absolute Gasteiger partial charge is 0.409 e. The number of nitrogens with one attached hydrogen (secondary N) is 2. The van der Waals surface area contributed by atoms with Crippen LogP contribution >= 0.6 is 0 Å². The lowest BCUT2D eigenvalue weighted by Crippen LogP contribution is -2.19. The topological polar surface area (TPSA) is 116 Å². The highest BCUT2D eigenvalue weighted by atomic mass is 19.1. The Morgan fingerprint density at radius 1 is 1.55 bits per heavy atom. The van der Waals surface area contributed by atoms with Gasteiger partial charge in [-0.3, -0.25) is 9.89 Å². The molecule has 0 aliphatic carbocycles. The van der Waals surface area contributed by atoms with Crippen molar-refractivity contribution in [3.63, 3.8) is 0 Å². The van der Waals surface area contributed by atoms with Crippen LogP contribution in [0.4, 0.5) is 10.2 Å². The highest BCUT2D eigenvalue weighted by molar-refractivity contribution is 6.04. The van der Waals surface area contributed by atoms with Crippen molar-refractivity contribution in [2.24, 2.45) is 10.9 Å². The summed E-state index contributed by atoms with van der Waals surface area (Å²) in [7, 11) is 0. The number of nitrogens with zero attached hydrogens (tertiary/aromatic N) is 2. The van der Waals surface area contributed by atoms with Crippen LogP contribution in [0.5, 0.6) is 0 Å². The molecule has 1 aromatic carbocycles. The van der Waals surface area contributed by atoms with Crippen molar-refractivity contribution in [1.82, 2.24) is 10.2 Å². The third-order valence-corrected chi connectivity index (χ3v) is 2.54. The van der Waals surface area contributed by atoms with Crippen molar-refractivity contribution >= 4 is 17.6 Å². The molecule has 2 rings (SSSR count). The van der Waals surface area contributed by atoms with Gasteiger partial charge in [0.15, 0.2) is 5.84 Å². The summed E-state index contributed by atoms with van der Waals surface area (Å²) in [4.78, 5) is 11.8. The van der Waals surface area contributed by atoms with Crippen molar-refractivity contribution < 1.29 is 14.4 Å². The Morgan fingerprint density at radius 3 is 3.05 bits per heavy atom. The molecule has 1 heterocycles. The second-order valence-corrected chi connectivity index (χ2v) is 4.00. The van der Waals surface area contributed by atoms with Crippen molar-refractivity contribution in [3.05, 3.63) is 47.4 Å². The molecule has 0 bridgehead atoms. The number of aromatic amines is 1. The predicted molar refractivity (Wildman–Crippen MR) is 69.8 cm³/mol. The molecule has 0 saturated heterocycles. The Balaban J connectivity index is 2.07. The van der Waals surface area contributed by atoms with Crippen LogP contribution in [0.2, 0.25) is 0 Å². The van der Waals surface area contributed by atoms with Crippen LogP contribution in [0.1, 0.15) is 11.1 Å². The average molecular weight is 277 g/mol. The molecule has 2 aromatic rings. The lowest BCUT2D eigenvalue weighted by atomic mass is 10.1. The molecule has 0 atom stereocenters. The van der Waals surface area contributed by atoms with E-state index in [4.69, 9.17) is 10.9 Å². The predicted octanol–water partition coefficient (Wildman–Crippen LogP) is 0.824. The molecule has 104 valence electrons. The summed E-state index contributed by atoms with van der Waals surface area (Å²) in [6, 6.07) is 5.74. The summed E-state index contributed by atoms with van der Waals surface area (Å²) in [5, 5.41) is 20.2. The van der Waals surface area contributed by atoms with Crippen LogP contribution in [-0.4, -0.2) is 27.1 Å². The summed E-state index contributed by atoms with van der Waals surface area (Å²) in [5.74, 6) is -0.762. The van der Waals surface area contributed by atoms with Crippen LogP contribution in [-0.2, 0) is 11.2 Å². The number of halogens is 1. The zero-order chi connectivity index (χ0) is 14.5. The molecule has 20 heavy (non-hydrogen) atoms. The number of hydrogen-bond donors (Lipinski definition) is 4. The van der Waals surface area contributed by atoms with Gasteiger partial charge in [0.25, 0.3) is 0 Å². The fourth-order valence-corrected chi connectivity index (χ4v) is 1.65. The number of rotatable bonds is 4. The van der Waals surface area contributed by atoms with E-state index < -0.39 is 5.82 Å². The highest BCUT2D eigenvalue weighted by Gasteiger charge is 2.13. The van der Waals surface area contributed by atoms with Gasteiger partial charge in [-0.05, 0) is 17.7 Å². The standard InChI is InChI=1S/C12H12FN5O2/c13-8-3-1-2-7(4-8)5-10(19)16-12-9(6-15-17-12)11(14)18-20/h1-4,6,20H,5H2,(H2,14,18)(H2,15,16,17,19). The Hall–Kier alpha value is -2.90. The van der Waals surface area contributed by atoms with Crippen LogP contribution in [0.3, 0.4) is 0 Å². The fourth-order valence-electron chi connectivity index (χ4n) is 1.65. The number of carbonyl (C=O) groups excluding carboxylic acids is 1.